The molecule has 1 fully saturated rings. The summed E-state index contributed by atoms with van der Waals surface area (Å²) in [6.45, 7) is 2.46. The van der Waals surface area contributed by atoms with E-state index in [1.165, 1.54) is 0 Å². The van der Waals surface area contributed by atoms with Gasteiger partial charge in [0, 0.05) is 30.7 Å². The van der Waals surface area contributed by atoms with Crippen molar-refractivity contribution in [1.29, 1.82) is 0 Å². The van der Waals surface area contributed by atoms with Crippen molar-refractivity contribution in [3.8, 4) is 5.69 Å². The molecular formula is C18H23N3O3S2. The Morgan fingerprint density at radius 3 is 2.69 bits per heavy atom. The Kier molecular flexibility index (Phi) is 6.03. The quantitative estimate of drug-likeness (QED) is 0.721. The Bertz CT molecular complexity index is 833. The molecular weight excluding hydrogens is 370 g/mol. The fraction of sp³-hybridized carbons (Fsp3) is 0.444. The highest BCUT2D eigenvalue weighted by Crippen LogP contribution is 2.20. The molecule has 8 heteroatoms. The Hall–Kier alpha value is -1.80. The maximum Gasteiger partial charge on any atom is 0.232 e. The van der Waals surface area contributed by atoms with E-state index in [1.807, 2.05) is 43.5 Å². The number of rotatable bonds is 7. The van der Waals surface area contributed by atoms with Crippen molar-refractivity contribution in [3.63, 3.8) is 0 Å². The summed E-state index contributed by atoms with van der Waals surface area (Å²) in [4.78, 5) is 14.2. The van der Waals surface area contributed by atoms with Crippen LogP contribution in [-0.4, -0.2) is 58.9 Å². The number of aromatic nitrogens is 2. The summed E-state index contributed by atoms with van der Waals surface area (Å²) in [6, 6.07) is 9.81. The summed E-state index contributed by atoms with van der Waals surface area (Å²) >= 11 is 1.56. The molecule has 1 amide bonds. The third-order valence-electron chi connectivity index (χ3n) is 4.51. The van der Waals surface area contributed by atoms with E-state index < -0.39 is 9.84 Å². The van der Waals surface area contributed by atoms with Crippen molar-refractivity contribution in [1.82, 2.24) is 14.7 Å². The minimum Gasteiger partial charge on any atom is -0.338 e. The first-order valence-corrected chi connectivity index (χ1v) is 11.6. The second-order valence-electron chi connectivity index (χ2n) is 6.35. The van der Waals surface area contributed by atoms with E-state index >= 15 is 0 Å². The zero-order chi connectivity index (χ0) is 18.6. The van der Waals surface area contributed by atoms with Gasteiger partial charge in [-0.1, -0.05) is 12.1 Å². The average Bonchev–Trinajstić information content (AvgIpc) is 3.26. The zero-order valence-electron chi connectivity index (χ0n) is 14.7. The van der Waals surface area contributed by atoms with Gasteiger partial charge < -0.3 is 4.90 Å². The minimum atomic E-state index is -2.98. The van der Waals surface area contributed by atoms with Gasteiger partial charge >= 0.3 is 0 Å². The number of benzene rings is 1. The van der Waals surface area contributed by atoms with Gasteiger partial charge in [-0.25, -0.2) is 13.1 Å². The van der Waals surface area contributed by atoms with Gasteiger partial charge in [0.2, 0.25) is 5.91 Å². The number of amides is 1. The maximum atomic E-state index is 12.5. The number of nitrogens with zero attached hydrogens (tertiary/aromatic N) is 3. The molecule has 1 aliphatic rings. The van der Waals surface area contributed by atoms with Crippen LogP contribution in [0, 0.1) is 0 Å². The first-order chi connectivity index (χ1) is 12.5. The molecule has 3 rings (SSSR count). The van der Waals surface area contributed by atoms with Crippen molar-refractivity contribution < 1.29 is 13.2 Å². The van der Waals surface area contributed by atoms with Crippen LogP contribution in [0.2, 0.25) is 0 Å². The SMILES string of the molecule is CCN(C(=O)CSCc1ccc(-n2cccn2)cc1)[C@@H]1CCS(=O)(=O)C1. The lowest BCUT2D eigenvalue weighted by Gasteiger charge is -2.26. The summed E-state index contributed by atoms with van der Waals surface area (Å²) in [7, 11) is -2.98. The Labute approximate surface area is 158 Å². The van der Waals surface area contributed by atoms with Gasteiger partial charge in [0.1, 0.15) is 0 Å². The Morgan fingerprint density at radius 2 is 2.12 bits per heavy atom. The molecule has 1 atom stereocenters. The van der Waals surface area contributed by atoms with E-state index in [0.717, 1.165) is 17.0 Å². The van der Waals surface area contributed by atoms with Crippen LogP contribution >= 0.6 is 11.8 Å². The van der Waals surface area contributed by atoms with E-state index in [9.17, 15) is 13.2 Å². The topological polar surface area (TPSA) is 72.3 Å². The number of hydrogen-bond acceptors (Lipinski definition) is 5. The molecule has 0 bridgehead atoms. The highest BCUT2D eigenvalue weighted by atomic mass is 32.2. The van der Waals surface area contributed by atoms with Crippen molar-refractivity contribution >= 4 is 27.5 Å². The average molecular weight is 394 g/mol. The molecule has 0 spiro atoms. The largest absolute Gasteiger partial charge is 0.338 e. The number of carbonyl (C=O) groups is 1. The molecule has 6 nitrogen and oxygen atoms in total. The van der Waals surface area contributed by atoms with E-state index in [1.54, 1.807) is 27.5 Å². The first-order valence-electron chi connectivity index (χ1n) is 8.65. The van der Waals surface area contributed by atoms with Crippen LogP contribution in [0.1, 0.15) is 18.9 Å². The van der Waals surface area contributed by atoms with Crippen molar-refractivity contribution in [3.05, 3.63) is 48.3 Å². The predicted molar refractivity (Wildman–Crippen MR) is 104 cm³/mol. The third kappa shape index (κ3) is 4.67. The highest BCUT2D eigenvalue weighted by Gasteiger charge is 2.33. The Balaban J connectivity index is 1.50. The summed E-state index contributed by atoms with van der Waals surface area (Å²) in [6.07, 6.45) is 4.19. The highest BCUT2D eigenvalue weighted by molar-refractivity contribution is 7.99. The minimum absolute atomic E-state index is 0.0211. The molecule has 0 N–H and O–H groups in total. The molecule has 0 aliphatic carbocycles. The molecule has 0 radical (unpaired) electrons. The normalized spacial score (nSPS) is 18.7. The van der Waals surface area contributed by atoms with Crippen molar-refractivity contribution in [2.24, 2.45) is 0 Å². The number of thioether (sulfide) groups is 1. The van der Waals surface area contributed by atoms with E-state index in [2.05, 4.69) is 5.10 Å². The smallest absolute Gasteiger partial charge is 0.232 e. The Morgan fingerprint density at radius 1 is 1.35 bits per heavy atom. The lowest BCUT2D eigenvalue weighted by atomic mass is 10.2. The van der Waals surface area contributed by atoms with Gasteiger partial charge in [-0.2, -0.15) is 5.10 Å². The molecule has 0 saturated carbocycles. The lowest BCUT2D eigenvalue weighted by molar-refractivity contribution is -0.129. The van der Waals surface area contributed by atoms with Crippen molar-refractivity contribution in [2.75, 3.05) is 23.8 Å². The number of carbonyl (C=O) groups excluding carboxylic acids is 1. The summed E-state index contributed by atoms with van der Waals surface area (Å²) < 4.78 is 25.1. The molecule has 1 aliphatic heterocycles. The lowest BCUT2D eigenvalue weighted by Crippen LogP contribution is -2.41. The van der Waals surface area contributed by atoms with Gasteiger partial charge in [-0.05, 0) is 37.1 Å². The summed E-state index contributed by atoms with van der Waals surface area (Å²) in [5.74, 6) is 1.42. The fourth-order valence-electron chi connectivity index (χ4n) is 3.16. The number of hydrogen-bond donors (Lipinski definition) is 0. The van der Waals surface area contributed by atoms with Crippen LogP contribution in [0.5, 0.6) is 0 Å². The molecule has 140 valence electrons. The van der Waals surface area contributed by atoms with E-state index in [0.29, 0.717) is 18.7 Å². The fourth-order valence-corrected chi connectivity index (χ4v) is 5.77. The van der Waals surface area contributed by atoms with Gasteiger partial charge in [-0.15, -0.1) is 11.8 Å². The van der Waals surface area contributed by atoms with Crippen LogP contribution in [0.3, 0.4) is 0 Å². The van der Waals surface area contributed by atoms with Crippen LogP contribution in [-0.2, 0) is 20.4 Å². The van der Waals surface area contributed by atoms with E-state index in [-0.39, 0.29) is 23.5 Å². The van der Waals surface area contributed by atoms with Crippen LogP contribution in [0.15, 0.2) is 42.7 Å². The van der Waals surface area contributed by atoms with Gasteiger partial charge in [-0.3, -0.25) is 4.79 Å². The zero-order valence-corrected chi connectivity index (χ0v) is 16.4. The predicted octanol–water partition coefficient (Wildman–Crippen LogP) is 2.14. The summed E-state index contributed by atoms with van der Waals surface area (Å²) in [5.41, 5.74) is 2.14. The standard InChI is InChI=1S/C18H23N3O3S2/c1-2-20(17-8-11-26(23,24)14-17)18(22)13-25-12-15-4-6-16(7-5-15)21-10-3-9-19-21/h3-7,9-10,17H,2,8,11-14H2,1H3/t17-/m1/s1. The van der Waals surface area contributed by atoms with Crippen LogP contribution in [0.4, 0.5) is 0 Å². The second kappa shape index (κ2) is 8.26. The van der Waals surface area contributed by atoms with Gasteiger partial charge in [0.25, 0.3) is 0 Å². The van der Waals surface area contributed by atoms with Crippen LogP contribution < -0.4 is 0 Å². The monoisotopic (exact) mass is 393 g/mol. The van der Waals surface area contributed by atoms with E-state index in [4.69, 9.17) is 0 Å². The molecule has 1 aromatic carbocycles. The maximum absolute atomic E-state index is 12.5. The molecule has 0 unspecified atom stereocenters. The third-order valence-corrected chi connectivity index (χ3v) is 7.25. The van der Waals surface area contributed by atoms with Gasteiger partial charge in [0.15, 0.2) is 9.84 Å². The second-order valence-corrected chi connectivity index (χ2v) is 9.56. The molecule has 1 saturated heterocycles. The number of sulfone groups is 1. The van der Waals surface area contributed by atoms with Crippen molar-refractivity contribution in [2.45, 2.75) is 25.1 Å². The molecule has 26 heavy (non-hydrogen) atoms. The summed E-state index contributed by atoms with van der Waals surface area (Å²) in [5, 5.41) is 4.20. The molecule has 1 aromatic heterocycles. The van der Waals surface area contributed by atoms with Crippen LogP contribution in [0.25, 0.3) is 5.69 Å². The first kappa shape index (κ1) is 19.0. The molecule has 2 heterocycles. The molecule has 2 aromatic rings. The van der Waals surface area contributed by atoms with Gasteiger partial charge in [0.05, 0.1) is 22.9 Å².